The lowest BCUT2D eigenvalue weighted by molar-refractivity contribution is 0.443. The summed E-state index contributed by atoms with van der Waals surface area (Å²) < 4.78 is 0. The van der Waals surface area contributed by atoms with Gasteiger partial charge in [0.2, 0.25) is 0 Å². The minimum atomic E-state index is 0. The van der Waals surface area contributed by atoms with Crippen molar-refractivity contribution in [1.82, 2.24) is 10.3 Å². The average molecular weight is 242 g/mol. The predicted octanol–water partition coefficient (Wildman–Crippen LogP) is 2.00. The lowest BCUT2D eigenvalue weighted by Gasteiger charge is -2.32. The molecule has 2 rings (SSSR count). The topological polar surface area (TPSA) is 28.2 Å². The van der Waals surface area contributed by atoms with Gasteiger partial charge in [-0.2, -0.15) is 0 Å². The molecule has 0 bridgehead atoms. The van der Waals surface area contributed by atoms with Gasteiger partial charge in [-0.1, -0.05) is 0 Å². The molecule has 0 amide bonds. The zero-order chi connectivity index (χ0) is 10.7. The number of aromatic nitrogens is 1. The molecule has 1 atom stereocenters. The molecular formula is C12H20ClN3. The van der Waals surface area contributed by atoms with Gasteiger partial charge in [0, 0.05) is 25.8 Å². The summed E-state index contributed by atoms with van der Waals surface area (Å²) in [5.41, 5.74) is 1.27. The molecule has 0 aliphatic carbocycles. The number of likely N-dealkylation sites (N-methyl/N-ethyl adjacent to an activating group) is 1. The van der Waals surface area contributed by atoms with E-state index in [0.717, 1.165) is 18.9 Å². The summed E-state index contributed by atoms with van der Waals surface area (Å²) in [5.74, 6) is 1.09. The Morgan fingerprint density at radius 3 is 2.94 bits per heavy atom. The number of hydrogen-bond acceptors (Lipinski definition) is 3. The molecule has 1 aromatic rings. The van der Waals surface area contributed by atoms with Gasteiger partial charge in [-0.05, 0) is 44.0 Å². The molecule has 1 N–H and O–H groups in total. The van der Waals surface area contributed by atoms with Gasteiger partial charge in [0.05, 0.1) is 0 Å². The van der Waals surface area contributed by atoms with Crippen LogP contribution in [0.4, 0.5) is 5.82 Å². The zero-order valence-corrected chi connectivity index (χ0v) is 10.8. The summed E-state index contributed by atoms with van der Waals surface area (Å²) in [6.45, 7) is 4.34. The Kier molecular flexibility index (Phi) is 5.03. The highest BCUT2D eigenvalue weighted by Gasteiger charge is 2.18. The molecule has 0 radical (unpaired) electrons. The van der Waals surface area contributed by atoms with Gasteiger partial charge in [-0.15, -0.1) is 12.4 Å². The van der Waals surface area contributed by atoms with E-state index in [1.165, 1.54) is 18.4 Å². The van der Waals surface area contributed by atoms with Crippen molar-refractivity contribution >= 4 is 18.2 Å². The summed E-state index contributed by atoms with van der Waals surface area (Å²) in [4.78, 5) is 6.70. The fourth-order valence-electron chi connectivity index (χ4n) is 2.06. The molecule has 4 heteroatoms. The summed E-state index contributed by atoms with van der Waals surface area (Å²) in [5, 5.41) is 3.43. The van der Waals surface area contributed by atoms with Crippen molar-refractivity contribution in [2.24, 2.45) is 0 Å². The largest absolute Gasteiger partial charge is 0.355 e. The number of nitrogens with one attached hydrogen (secondary N) is 1. The second kappa shape index (κ2) is 6.06. The van der Waals surface area contributed by atoms with Crippen molar-refractivity contribution in [2.75, 3.05) is 25.0 Å². The number of pyridine rings is 1. The number of rotatable bonds is 2. The molecule has 2 heterocycles. The number of aryl methyl sites for hydroxylation is 1. The van der Waals surface area contributed by atoms with Gasteiger partial charge < -0.3 is 10.2 Å². The normalized spacial score (nSPS) is 20.0. The van der Waals surface area contributed by atoms with Crippen LogP contribution in [0.5, 0.6) is 0 Å². The molecule has 90 valence electrons. The minimum Gasteiger partial charge on any atom is -0.355 e. The summed E-state index contributed by atoms with van der Waals surface area (Å²) in [7, 11) is 2.14. The number of anilines is 1. The van der Waals surface area contributed by atoms with Gasteiger partial charge in [0.1, 0.15) is 5.82 Å². The second-order valence-electron chi connectivity index (χ2n) is 4.30. The first-order valence-electron chi connectivity index (χ1n) is 5.63. The maximum absolute atomic E-state index is 4.41. The van der Waals surface area contributed by atoms with Crippen molar-refractivity contribution in [3.63, 3.8) is 0 Å². The van der Waals surface area contributed by atoms with Crippen molar-refractivity contribution in [1.29, 1.82) is 0 Å². The van der Waals surface area contributed by atoms with E-state index in [0.29, 0.717) is 6.04 Å². The summed E-state index contributed by atoms with van der Waals surface area (Å²) in [6.07, 6.45) is 4.41. The first-order valence-corrected chi connectivity index (χ1v) is 5.63. The highest BCUT2D eigenvalue weighted by atomic mass is 35.5. The van der Waals surface area contributed by atoms with E-state index in [-0.39, 0.29) is 12.4 Å². The fourth-order valence-corrected chi connectivity index (χ4v) is 2.06. The summed E-state index contributed by atoms with van der Waals surface area (Å²) >= 11 is 0. The van der Waals surface area contributed by atoms with Crippen molar-refractivity contribution in [2.45, 2.75) is 25.8 Å². The number of halogens is 1. The Morgan fingerprint density at radius 1 is 1.50 bits per heavy atom. The molecular weight excluding hydrogens is 222 g/mol. The van der Waals surface area contributed by atoms with E-state index in [4.69, 9.17) is 0 Å². The van der Waals surface area contributed by atoms with E-state index in [2.05, 4.69) is 35.2 Å². The van der Waals surface area contributed by atoms with Gasteiger partial charge in [0.25, 0.3) is 0 Å². The Bertz CT molecular complexity index is 324. The first-order chi connectivity index (χ1) is 7.27. The van der Waals surface area contributed by atoms with Gasteiger partial charge in [-0.3, -0.25) is 0 Å². The highest BCUT2D eigenvalue weighted by Crippen LogP contribution is 2.17. The quantitative estimate of drug-likeness (QED) is 0.859. The SMILES string of the molecule is Cc1ccnc(N(C)C2CCCNC2)c1.Cl. The van der Waals surface area contributed by atoms with Crippen LogP contribution in [0.15, 0.2) is 18.3 Å². The minimum absolute atomic E-state index is 0. The average Bonchev–Trinajstić information content (AvgIpc) is 2.29. The van der Waals surface area contributed by atoms with Crippen molar-refractivity contribution in [3.8, 4) is 0 Å². The third kappa shape index (κ3) is 3.09. The molecule has 16 heavy (non-hydrogen) atoms. The standard InChI is InChI=1S/C12H19N3.ClH/c1-10-5-7-14-12(8-10)15(2)11-4-3-6-13-9-11;/h5,7-8,11,13H,3-4,6,9H2,1-2H3;1H. The molecule has 0 saturated carbocycles. The first kappa shape index (κ1) is 13.3. The molecule has 1 aliphatic rings. The van der Waals surface area contributed by atoms with Crippen LogP contribution in [0.25, 0.3) is 0 Å². The lowest BCUT2D eigenvalue weighted by atomic mass is 10.1. The van der Waals surface area contributed by atoms with E-state index in [1.54, 1.807) is 0 Å². The van der Waals surface area contributed by atoms with Crippen LogP contribution in [0.2, 0.25) is 0 Å². The van der Waals surface area contributed by atoms with Crippen LogP contribution in [0, 0.1) is 6.92 Å². The fraction of sp³-hybridized carbons (Fsp3) is 0.583. The van der Waals surface area contributed by atoms with Crippen LogP contribution in [0.1, 0.15) is 18.4 Å². The van der Waals surface area contributed by atoms with Crippen LogP contribution in [-0.4, -0.2) is 31.2 Å². The number of hydrogen-bond donors (Lipinski definition) is 1. The Morgan fingerprint density at radius 2 is 2.31 bits per heavy atom. The highest BCUT2D eigenvalue weighted by molar-refractivity contribution is 5.85. The number of nitrogens with zero attached hydrogens (tertiary/aromatic N) is 2. The molecule has 0 aromatic carbocycles. The molecule has 0 spiro atoms. The second-order valence-corrected chi connectivity index (χ2v) is 4.30. The number of piperidine rings is 1. The summed E-state index contributed by atoms with van der Waals surface area (Å²) in [6, 6.07) is 4.78. The zero-order valence-electron chi connectivity index (χ0n) is 9.94. The van der Waals surface area contributed by atoms with Crippen molar-refractivity contribution < 1.29 is 0 Å². The maximum Gasteiger partial charge on any atom is 0.128 e. The van der Waals surface area contributed by atoms with E-state index in [1.807, 2.05) is 12.3 Å². The third-order valence-electron chi connectivity index (χ3n) is 3.08. The Balaban J connectivity index is 0.00000128. The molecule has 1 fully saturated rings. The molecule has 3 nitrogen and oxygen atoms in total. The third-order valence-corrected chi connectivity index (χ3v) is 3.08. The van der Waals surface area contributed by atoms with Gasteiger partial charge in [0.15, 0.2) is 0 Å². The molecule has 1 unspecified atom stereocenters. The van der Waals surface area contributed by atoms with Crippen LogP contribution in [-0.2, 0) is 0 Å². The van der Waals surface area contributed by atoms with E-state index < -0.39 is 0 Å². The van der Waals surface area contributed by atoms with Crippen LogP contribution < -0.4 is 10.2 Å². The molecule has 1 aromatic heterocycles. The van der Waals surface area contributed by atoms with Gasteiger partial charge in [-0.25, -0.2) is 4.98 Å². The van der Waals surface area contributed by atoms with E-state index >= 15 is 0 Å². The predicted molar refractivity (Wildman–Crippen MR) is 70.5 cm³/mol. The maximum atomic E-state index is 4.41. The molecule has 1 aliphatic heterocycles. The van der Waals surface area contributed by atoms with Crippen LogP contribution >= 0.6 is 12.4 Å². The van der Waals surface area contributed by atoms with E-state index in [9.17, 15) is 0 Å². The Hall–Kier alpha value is -0.800. The van der Waals surface area contributed by atoms with Crippen molar-refractivity contribution in [3.05, 3.63) is 23.9 Å². The lowest BCUT2D eigenvalue weighted by Crippen LogP contribution is -2.44. The van der Waals surface area contributed by atoms with Crippen LogP contribution in [0.3, 0.4) is 0 Å². The monoisotopic (exact) mass is 241 g/mol. The Labute approximate surface area is 104 Å². The molecule has 1 saturated heterocycles. The smallest absolute Gasteiger partial charge is 0.128 e. The van der Waals surface area contributed by atoms with Gasteiger partial charge >= 0.3 is 0 Å².